The predicted octanol–water partition coefficient (Wildman–Crippen LogP) is 8.00. The van der Waals surface area contributed by atoms with Crippen LogP contribution in [0.15, 0.2) is 94.3 Å². The molecule has 0 atom stereocenters. The molecule has 0 spiro atoms. The number of hydrogen-bond donors (Lipinski definition) is 0. The van der Waals surface area contributed by atoms with Crippen molar-refractivity contribution >= 4 is 59.8 Å². The van der Waals surface area contributed by atoms with Crippen molar-refractivity contribution in [3.63, 3.8) is 0 Å². The van der Waals surface area contributed by atoms with Gasteiger partial charge in [0.15, 0.2) is 0 Å². The molecule has 0 saturated heterocycles. The number of para-hydroxylation sites is 1. The number of furan rings is 1. The van der Waals surface area contributed by atoms with Gasteiger partial charge in [-0.1, -0.05) is 48.5 Å². The highest BCUT2D eigenvalue weighted by Gasteiger charge is 2.15. The summed E-state index contributed by atoms with van der Waals surface area (Å²) < 4.78 is 7.11. The van der Waals surface area contributed by atoms with E-state index >= 15 is 0 Å². The minimum Gasteiger partial charge on any atom is -0.456 e. The van der Waals surface area contributed by atoms with E-state index in [1.54, 1.807) is 24.6 Å². The lowest BCUT2D eigenvalue weighted by molar-refractivity contribution is 0.669. The second-order valence-electron chi connectivity index (χ2n) is 8.81. The van der Waals surface area contributed by atoms with Crippen molar-refractivity contribution in [1.82, 2.24) is 9.97 Å². The molecule has 0 aliphatic rings. The van der Waals surface area contributed by atoms with E-state index in [9.17, 15) is 5.26 Å². The Hall–Kier alpha value is -4.86. The van der Waals surface area contributed by atoms with Gasteiger partial charge in [0.05, 0.1) is 5.69 Å². The maximum Gasteiger partial charge on any atom is 0.234 e. The Morgan fingerprint density at radius 1 is 0.784 bits per heavy atom. The monoisotopic (exact) mass is 494 g/mol. The van der Waals surface area contributed by atoms with Crippen molar-refractivity contribution in [3.8, 4) is 28.3 Å². The fraction of sp³-hybridized carbons (Fsp3) is 0.0323. The molecule has 0 amide bonds. The first-order chi connectivity index (χ1) is 18.2. The van der Waals surface area contributed by atoms with Crippen molar-refractivity contribution in [2.45, 2.75) is 0 Å². The summed E-state index contributed by atoms with van der Waals surface area (Å²) >= 11 is 1.57. The smallest absolute Gasteiger partial charge is 0.234 e. The van der Waals surface area contributed by atoms with Crippen LogP contribution in [0.2, 0.25) is 0 Å². The maximum absolute atomic E-state index is 9.36. The molecule has 3 aromatic heterocycles. The summed E-state index contributed by atoms with van der Waals surface area (Å²) in [6.45, 7) is 0. The largest absolute Gasteiger partial charge is 0.456 e. The molecule has 174 valence electrons. The van der Waals surface area contributed by atoms with Gasteiger partial charge in [-0.2, -0.15) is 5.26 Å². The average molecular weight is 495 g/mol. The van der Waals surface area contributed by atoms with Gasteiger partial charge in [0.1, 0.15) is 22.1 Å². The molecule has 6 heteroatoms. The Morgan fingerprint density at radius 3 is 2.32 bits per heavy atom. The zero-order chi connectivity index (χ0) is 24.9. The summed E-state index contributed by atoms with van der Waals surface area (Å²) in [5.41, 5.74) is 6.97. The Labute approximate surface area is 216 Å². The number of fused-ring (bicyclic) bond motifs is 6. The number of aromatic nitrogens is 2. The third-order valence-corrected chi connectivity index (χ3v) is 7.68. The molecule has 7 rings (SSSR count). The number of nitrogens with zero attached hydrogens (tertiary/aromatic N) is 4. The standard InChI is InChI=1S/C31H18N4OS/c1-33-17-25-30-24-15-21(10-12-28(24)37-31(30)35-29(16-32)34-25)19-6-4-5-18(13-19)20-9-11-27-23(14-20)22-7-2-3-8-26(22)36-27/h2-15,17H,1H3/b33-17-. The van der Waals surface area contributed by atoms with Crippen LogP contribution >= 0.6 is 11.3 Å². The van der Waals surface area contributed by atoms with Crippen LogP contribution in [0.5, 0.6) is 0 Å². The Morgan fingerprint density at radius 2 is 1.51 bits per heavy atom. The first-order valence-corrected chi connectivity index (χ1v) is 12.6. The summed E-state index contributed by atoms with van der Waals surface area (Å²) in [5.74, 6) is 0.157. The van der Waals surface area contributed by atoms with E-state index in [1.165, 1.54) is 0 Å². The van der Waals surface area contributed by atoms with E-state index in [1.807, 2.05) is 24.3 Å². The summed E-state index contributed by atoms with van der Waals surface area (Å²) in [6.07, 6.45) is 1.69. The summed E-state index contributed by atoms with van der Waals surface area (Å²) in [6, 6.07) is 31.6. The lowest BCUT2D eigenvalue weighted by atomic mass is 9.97. The lowest BCUT2D eigenvalue weighted by Crippen LogP contribution is -1.95. The zero-order valence-electron chi connectivity index (χ0n) is 19.8. The van der Waals surface area contributed by atoms with Crippen LogP contribution in [0.25, 0.3) is 64.5 Å². The molecule has 0 aliphatic carbocycles. The van der Waals surface area contributed by atoms with E-state index in [4.69, 9.17) is 4.42 Å². The minimum atomic E-state index is 0.157. The fourth-order valence-electron chi connectivity index (χ4n) is 4.93. The van der Waals surface area contributed by atoms with Gasteiger partial charge in [-0.05, 0) is 58.7 Å². The van der Waals surface area contributed by atoms with Gasteiger partial charge >= 0.3 is 0 Å². The summed E-state index contributed by atoms with van der Waals surface area (Å²) in [5, 5.41) is 13.6. The third-order valence-electron chi connectivity index (χ3n) is 6.62. The van der Waals surface area contributed by atoms with E-state index in [0.29, 0.717) is 5.69 Å². The highest BCUT2D eigenvalue weighted by Crippen LogP contribution is 2.38. The van der Waals surface area contributed by atoms with Crippen molar-refractivity contribution in [2.24, 2.45) is 4.99 Å². The Kier molecular flexibility index (Phi) is 4.85. The highest BCUT2D eigenvalue weighted by molar-refractivity contribution is 7.25. The molecule has 0 aliphatic heterocycles. The van der Waals surface area contributed by atoms with Crippen LogP contribution in [-0.2, 0) is 0 Å². The van der Waals surface area contributed by atoms with E-state index in [0.717, 1.165) is 64.5 Å². The number of rotatable bonds is 3. The second kappa shape index (κ2) is 8.37. The highest BCUT2D eigenvalue weighted by atomic mass is 32.1. The normalized spacial score (nSPS) is 11.8. The number of nitriles is 1. The quantitative estimate of drug-likeness (QED) is 0.233. The van der Waals surface area contributed by atoms with Gasteiger partial charge in [-0.15, -0.1) is 11.3 Å². The van der Waals surface area contributed by atoms with Gasteiger partial charge < -0.3 is 4.42 Å². The third kappa shape index (κ3) is 3.48. The van der Waals surface area contributed by atoms with Crippen molar-refractivity contribution in [2.75, 3.05) is 7.05 Å². The molecule has 0 bridgehead atoms. The minimum absolute atomic E-state index is 0.157. The van der Waals surface area contributed by atoms with Crippen LogP contribution in [0.3, 0.4) is 0 Å². The summed E-state index contributed by atoms with van der Waals surface area (Å²) in [4.78, 5) is 13.8. The first kappa shape index (κ1) is 21.4. The van der Waals surface area contributed by atoms with Crippen molar-refractivity contribution < 1.29 is 4.42 Å². The molecule has 0 fully saturated rings. The zero-order valence-corrected chi connectivity index (χ0v) is 20.6. The van der Waals surface area contributed by atoms with Crippen LogP contribution in [0, 0.1) is 11.3 Å². The molecule has 37 heavy (non-hydrogen) atoms. The molecular formula is C31H18N4OS. The van der Waals surface area contributed by atoms with Crippen molar-refractivity contribution in [1.29, 1.82) is 5.26 Å². The number of benzene rings is 4. The topological polar surface area (TPSA) is 75.1 Å². The van der Waals surface area contributed by atoms with Gasteiger partial charge in [0, 0.05) is 39.5 Å². The fourth-order valence-corrected chi connectivity index (χ4v) is 6.00. The predicted molar refractivity (Wildman–Crippen MR) is 151 cm³/mol. The van der Waals surface area contributed by atoms with Gasteiger partial charge in [0.2, 0.25) is 5.82 Å². The molecule has 4 aromatic carbocycles. The average Bonchev–Trinajstić information content (AvgIpc) is 3.50. The first-order valence-electron chi connectivity index (χ1n) is 11.8. The molecule has 0 unspecified atom stereocenters. The van der Waals surface area contributed by atoms with Gasteiger partial charge in [-0.25, -0.2) is 9.97 Å². The second-order valence-corrected chi connectivity index (χ2v) is 9.85. The molecule has 0 N–H and O–H groups in total. The molecule has 7 aromatic rings. The maximum atomic E-state index is 9.36. The molecule has 3 heterocycles. The molecule has 0 radical (unpaired) electrons. The van der Waals surface area contributed by atoms with Gasteiger partial charge in [-0.3, -0.25) is 4.99 Å². The molecule has 0 saturated carbocycles. The summed E-state index contributed by atoms with van der Waals surface area (Å²) in [7, 11) is 1.70. The van der Waals surface area contributed by atoms with E-state index in [-0.39, 0.29) is 5.82 Å². The Balaban J connectivity index is 1.37. The van der Waals surface area contributed by atoms with E-state index in [2.05, 4.69) is 81.7 Å². The van der Waals surface area contributed by atoms with Crippen LogP contribution in [0.1, 0.15) is 11.5 Å². The number of hydrogen-bond acceptors (Lipinski definition) is 6. The number of thiophene rings is 1. The lowest BCUT2D eigenvalue weighted by Gasteiger charge is -2.07. The SMILES string of the molecule is C/N=C\c1nc(C#N)nc2sc3ccc(-c4cccc(-c5ccc6oc7ccccc7c6c5)c4)cc3c12. The van der Waals surface area contributed by atoms with Crippen molar-refractivity contribution in [3.05, 3.63) is 96.4 Å². The van der Waals surface area contributed by atoms with Crippen LogP contribution < -0.4 is 0 Å². The van der Waals surface area contributed by atoms with Crippen LogP contribution in [-0.4, -0.2) is 23.2 Å². The van der Waals surface area contributed by atoms with E-state index < -0.39 is 0 Å². The molecule has 5 nitrogen and oxygen atoms in total. The molecular weight excluding hydrogens is 476 g/mol. The van der Waals surface area contributed by atoms with Crippen LogP contribution in [0.4, 0.5) is 0 Å². The van der Waals surface area contributed by atoms with Gasteiger partial charge in [0.25, 0.3) is 0 Å². The number of aliphatic imine (C=N–C) groups is 1. The Bertz CT molecular complexity index is 2080.